The lowest BCUT2D eigenvalue weighted by molar-refractivity contribution is -0.134. The van der Waals surface area contributed by atoms with Gasteiger partial charge >= 0.3 is 0 Å². The Kier molecular flexibility index (Phi) is 7.92. The molecule has 1 saturated carbocycles. The maximum atomic E-state index is 13.9. The zero-order valence-corrected chi connectivity index (χ0v) is 14.2. The quantitative estimate of drug-likeness (QED) is 0.852. The third kappa shape index (κ3) is 5.43. The first-order valence-corrected chi connectivity index (χ1v) is 7.97. The van der Waals surface area contributed by atoms with Crippen molar-refractivity contribution < 1.29 is 13.6 Å². The summed E-state index contributed by atoms with van der Waals surface area (Å²) in [6.45, 7) is 1.85. The average Bonchev–Trinajstić information content (AvgIpc) is 2.98. The average molecular weight is 347 g/mol. The molecule has 2 rings (SSSR count). The summed E-state index contributed by atoms with van der Waals surface area (Å²) in [5.74, 6) is -1.25. The predicted octanol–water partition coefficient (Wildman–Crippen LogP) is 3.79. The molecule has 1 amide bonds. The van der Waals surface area contributed by atoms with Gasteiger partial charge in [0.05, 0.1) is 6.54 Å². The number of rotatable bonds is 6. The van der Waals surface area contributed by atoms with Crippen molar-refractivity contribution in [2.75, 3.05) is 0 Å². The van der Waals surface area contributed by atoms with Crippen LogP contribution in [0, 0.1) is 11.6 Å². The first-order valence-electron chi connectivity index (χ1n) is 7.97. The van der Waals surface area contributed by atoms with Crippen LogP contribution in [-0.4, -0.2) is 22.9 Å². The predicted molar refractivity (Wildman–Crippen MR) is 89.3 cm³/mol. The minimum absolute atomic E-state index is 0. The van der Waals surface area contributed by atoms with E-state index < -0.39 is 11.6 Å². The summed E-state index contributed by atoms with van der Waals surface area (Å²) < 4.78 is 27.8. The minimum Gasteiger partial charge on any atom is -0.335 e. The maximum absolute atomic E-state index is 13.9. The molecule has 1 atom stereocenters. The lowest BCUT2D eigenvalue weighted by Crippen LogP contribution is -2.39. The van der Waals surface area contributed by atoms with Gasteiger partial charge in [0.2, 0.25) is 5.91 Å². The molecular formula is C17H25ClF2N2O. The normalized spacial score (nSPS) is 16.0. The summed E-state index contributed by atoms with van der Waals surface area (Å²) in [4.78, 5) is 14.1. The number of hydrogen-bond donors (Lipinski definition) is 1. The van der Waals surface area contributed by atoms with E-state index in [-0.39, 0.29) is 42.5 Å². The molecule has 1 fully saturated rings. The topological polar surface area (TPSA) is 46.3 Å². The summed E-state index contributed by atoms with van der Waals surface area (Å²) in [5.41, 5.74) is 5.68. The molecule has 6 heteroatoms. The second kappa shape index (κ2) is 9.18. The molecule has 1 aliphatic rings. The number of halogens is 3. The van der Waals surface area contributed by atoms with Crippen molar-refractivity contribution in [1.29, 1.82) is 0 Å². The molecule has 0 aromatic heterocycles. The minimum atomic E-state index is -0.594. The Morgan fingerprint density at radius 1 is 1.30 bits per heavy atom. The molecular weight excluding hydrogens is 322 g/mol. The van der Waals surface area contributed by atoms with Crippen molar-refractivity contribution >= 4 is 18.3 Å². The van der Waals surface area contributed by atoms with E-state index in [1.165, 1.54) is 18.2 Å². The van der Waals surface area contributed by atoms with Gasteiger partial charge in [-0.15, -0.1) is 12.4 Å². The molecule has 1 aliphatic carbocycles. The molecule has 23 heavy (non-hydrogen) atoms. The Labute approximate surface area is 142 Å². The largest absolute Gasteiger partial charge is 0.335 e. The molecule has 0 saturated heterocycles. The van der Waals surface area contributed by atoms with Gasteiger partial charge in [0.1, 0.15) is 11.6 Å². The van der Waals surface area contributed by atoms with Gasteiger partial charge in [-0.1, -0.05) is 18.9 Å². The molecule has 1 unspecified atom stereocenters. The van der Waals surface area contributed by atoms with Crippen LogP contribution < -0.4 is 5.73 Å². The highest BCUT2D eigenvalue weighted by molar-refractivity contribution is 5.85. The molecule has 2 N–H and O–H groups in total. The molecule has 0 aliphatic heterocycles. The van der Waals surface area contributed by atoms with Crippen LogP contribution >= 0.6 is 12.4 Å². The van der Waals surface area contributed by atoms with Crippen molar-refractivity contribution in [3.63, 3.8) is 0 Å². The Hall–Kier alpha value is -1.20. The number of amides is 1. The van der Waals surface area contributed by atoms with Gasteiger partial charge in [-0.2, -0.15) is 0 Å². The van der Waals surface area contributed by atoms with E-state index in [1.54, 1.807) is 4.90 Å². The Morgan fingerprint density at radius 3 is 2.39 bits per heavy atom. The lowest BCUT2D eigenvalue weighted by atomic mass is 10.1. The number of benzene rings is 1. The fraction of sp³-hybridized carbons (Fsp3) is 0.588. The van der Waals surface area contributed by atoms with Crippen molar-refractivity contribution in [3.05, 3.63) is 35.4 Å². The van der Waals surface area contributed by atoms with Crippen LogP contribution in [0.15, 0.2) is 18.2 Å². The van der Waals surface area contributed by atoms with E-state index in [9.17, 15) is 13.6 Å². The van der Waals surface area contributed by atoms with Gasteiger partial charge in [-0.3, -0.25) is 4.79 Å². The van der Waals surface area contributed by atoms with E-state index in [1.807, 2.05) is 6.92 Å². The second-order valence-electron chi connectivity index (χ2n) is 6.18. The van der Waals surface area contributed by atoms with E-state index in [0.29, 0.717) is 12.8 Å². The summed E-state index contributed by atoms with van der Waals surface area (Å²) in [6.07, 6.45) is 4.83. The molecule has 0 radical (unpaired) electrons. The van der Waals surface area contributed by atoms with Crippen LogP contribution in [-0.2, 0) is 11.3 Å². The van der Waals surface area contributed by atoms with Crippen LogP contribution in [0.3, 0.4) is 0 Å². The highest BCUT2D eigenvalue weighted by Gasteiger charge is 2.28. The van der Waals surface area contributed by atoms with Crippen LogP contribution in [0.4, 0.5) is 8.78 Å². The van der Waals surface area contributed by atoms with Crippen LogP contribution in [0.5, 0.6) is 0 Å². The number of hydrogen-bond acceptors (Lipinski definition) is 2. The third-order valence-electron chi connectivity index (χ3n) is 4.29. The van der Waals surface area contributed by atoms with Crippen molar-refractivity contribution in [3.8, 4) is 0 Å². The molecule has 1 aromatic rings. The van der Waals surface area contributed by atoms with Crippen LogP contribution in [0.25, 0.3) is 0 Å². The SMILES string of the molecule is CC(N)CCC(=O)N(Cc1c(F)cccc1F)C1CCCC1.Cl. The Morgan fingerprint density at radius 2 is 1.87 bits per heavy atom. The van der Waals surface area contributed by atoms with Crippen LogP contribution in [0.2, 0.25) is 0 Å². The van der Waals surface area contributed by atoms with Gasteiger partial charge < -0.3 is 10.6 Å². The number of nitrogens with two attached hydrogens (primary N) is 1. The summed E-state index contributed by atoms with van der Waals surface area (Å²) in [6, 6.07) is 3.83. The maximum Gasteiger partial charge on any atom is 0.223 e. The highest BCUT2D eigenvalue weighted by atomic mass is 35.5. The van der Waals surface area contributed by atoms with E-state index in [0.717, 1.165) is 25.7 Å². The molecule has 0 spiro atoms. The zero-order valence-electron chi connectivity index (χ0n) is 13.4. The molecule has 1 aromatic carbocycles. The second-order valence-corrected chi connectivity index (χ2v) is 6.18. The van der Waals surface area contributed by atoms with Crippen molar-refractivity contribution in [2.45, 2.75) is 64.1 Å². The first-order chi connectivity index (χ1) is 10.5. The first kappa shape index (κ1) is 19.8. The molecule has 130 valence electrons. The fourth-order valence-electron chi connectivity index (χ4n) is 2.99. The van der Waals surface area contributed by atoms with Crippen molar-refractivity contribution in [1.82, 2.24) is 4.90 Å². The number of nitrogens with zero attached hydrogens (tertiary/aromatic N) is 1. The molecule has 0 bridgehead atoms. The smallest absolute Gasteiger partial charge is 0.223 e. The van der Waals surface area contributed by atoms with E-state index in [4.69, 9.17) is 5.73 Å². The van der Waals surface area contributed by atoms with E-state index in [2.05, 4.69) is 0 Å². The summed E-state index contributed by atoms with van der Waals surface area (Å²) in [7, 11) is 0. The molecule has 0 heterocycles. The van der Waals surface area contributed by atoms with Gasteiger partial charge in [-0.25, -0.2) is 8.78 Å². The van der Waals surface area contributed by atoms with Crippen LogP contribution in [0.1, 0.15) is 51.0 Å². The summed E-state index contributed by atoms with van der Waals surface area (Å²) in [5, 5.41) is 0. The highest BCUT2D eigenvalue weighted by Crippen LogP contribution is 2.27. The lowest BCUT2D eigenvalue weighted by Gasteiger charge is -2.30. The summed E-state index contributed by atoms with van der Waals surface area (Å²) >= 11 is 0. The van der Waals surface area contributed by atoms with Gasteiger partial charge in [0, 0.05) is 24.1 Å². The van der Waals surface area contributed by atoms with Crippen molar-refractivity contribution in [2.24, 2.45) is 5.73 Å². The van der Waals surface area contributed by atoms with Gasteiger partial charge in [-0.05, 0) is 38.3 Å². The van der Waals surface area contributed by atoms with Gasteiger partial charge in [0.25, 0.3) is 0 Å². The molecule has 3 nitrogen and oxygen atoms in total. The number of carbonyl (C=O) groups is 1. The fourth-order valence-corrected chi connectivity index (χ4v) is 2.99. The Balaban J connectivity index is 0.00000264. The standard InChI is InChI=1S/C17H24F2N2O.ClH/c1-12(20)9-10-17(22)21(13-5-2-3-6-13)11-14-15(18)7-4-8-16(14)19;/h4,7-8,12-13H,2-3,5-6,9-11,20H2,1H3;1H. The number of carbonyl (C=O) groups excluding carboxylic acids is 1. The third-order valence-corrected chi connectivity index (χ3v) is 4.29. The zero-order chi connectivity index (χ0) is 16.1. The monoisotopic (exact) mass is 346 g/mol. The van der Waals surface area contributed by atoms with Gasteiger partial charge in [0.15, 0.2) is 0 Å². The Bertz CT molecular complexity index is 499. The van der Waals surface area contributed by atoms with E-state index >= 15 is 0 Å².